The zero-order chi connectivity index (χ0) is 17.8. The van der Waals surface area contributed by atoms with Gasteiger partial charge in [-0.2, -0.15) is 0 Å². The molecule has 1 saturated heterocycles. The third-order valence-electron chi connectivity index (χ3n) is 4.96. The molecular formula is C19H27NO4. The van der Waals surface area contributed by atoms with Gasteiger partial charge >= 0.3 is 5.97 Å². The Morgan fingerprint density at radius 3 is 2.29 bits per heavy atom. The molecular weight excluding hydrogens is 306 g/mol. The highest BCUT2D eigenvalue weighted by Crippen LogP contribution is 2.30. The van der Waals surface area contributed by atoms with Gasteiger partial charge in [0.25, 0.3) is 0 Å². The summed E-state index contributed by atoms with van der Waals surface area (Å²) < 4.78 is 0. The van der Waals surface area contributed by atoms with E-state index in [1.54, 1.807) is 4.90 Å². The molecule has 24 heavy (non-hydrogen) atoms. The van der Waals surface area contributed by atoms with E-state index in [0.717, 1.165) is 19.3 Å². The lowest BCUT2D eigenvalue weighted by Gasteiger charge is -2.39. The van der Waals surface area contributed by atoms with Crippen LogP contribution in [0.4, 0.5) is 0 Å². The van der Waals surface area contributed by atoms with Crippen molar-refractivity contribution < 1.29 is 19.8 Å². The number of rotatable bonds is 6. The number of nitrogens with zero attached hydrogens (tertiary/aromatic N) is 1. The quantitative estimate of drug-likeness (QED) is 0.838. The van der Waals surface area contributed by atoms with Gasteiger partial charge < -0.3 is 15.1 Å². The first-order valence-electron chi connectivity index (χ1n) is 8.54. The number of carbonyl (C=O) groups excluding carboxylic acids is 1. The van der Waals surface area contributed by atoms with E-state index in [1.165, 1.54) is 5.56 Å². The Hall–Kier alpha value is -1.88. The predicted octanol–water partition coefficient (Wildman–Crippen LogP) is 2.47. The molecule has 1 aromatic carbocycles. The maximum absolute atomic E-state index is 12.7. The van der Waals surface area contributed by atoms with Gasteiger partial charge in [-0.05, 0) is 24.8 Å². The maximum Gasteiger partial charge on any atom is 0.335 e. The van der Waals surface area contributed by atoms with Crippen LogP contribution < -0.4 is 0 Å². The summed E-state index contributed by atoms with van der Waals surface area (Å²) in [5.41, 5.74) is -0.896. The summed E-state index contributed by atoms with van der Waals surface area (Å²) in [4.78, 5) is 25.5. The number of aryl methyl sites for hydroxylation is 1. The lowest BCUT2D eigenvalue weighted by molar-refractivity contribution is -0.166. The number of hydrogen-bond donors (Lipinski definition) is 2. The van der Waals surface area contributed by atoms with Crippen LogP contribution in [0.3, 0.4) is 0 Å². The standard InChI is InChI=1S/C19H27NO4/c1-18(2,10-6-9-15-7-4-3-5-8-15)16(21)20-13-11-19(24,12-14-20)17(22)23/h3-5,7-8,24H,6,9-14H2,1-2H3,(H,22,23). The highest BCUT2D eigenvalue weighted by atomic mass is 16.4. The van der Waals surface area contributed by atoms with Gasteiger partial charge in [-0.25, -0.2) is 4.79 Å². The topological polar surface area (TPSA) is 77.8 Å². The van der Waals surface area contributed by atoms with E-state index in [-0.39, 0.29) is 18.7 Å². The summed E-state index contributed by atoms with van der Waals surface area (Å²) in [5, 5.41) is 19.0. The molecule has 1 heterocycles. The van der Waals surface area contributed by atoms with Crippen LogP contribution in [0.5, 0.6) is 0 Å². The summed E-state index contributed by atoms with van der Waals surface area (Å²) >= 11 is 0. The van der Waals surface area contributed by atoms with Gasteiger partial charge in [0.05, 0.1) is 0 Å². The van der Waals surface area contributed by atoms with Crippen LogP contribution in [-0.2, 0) is 16.0 Å². The van der Waals surface area contributed by atoms with E-state index in [0.29, 0.717) is 13.1 Å². The number of aliphatic carboxylic acids is 1. The molecule has 1 amide bonds. The normalized spacial score (nSPS) is 17.5. The van der Waals surface area contributed by atoms with Crippen molar-refractivity contribution in [1.82, 2.24) is 4.90 Å². The Morgan fingerprint density at radius 2 is 1.75 bits per heavy atom. The summed E-state index contributed by atoms with van der Waals surface area (Å²) in [5.74, 6) is -1.15. The summed E-state index contributed by atoms with van der Waals surface area (Å²) in [6.07, 6.45) is 2.83. The smallest absolute Gasteiger partial charge is 0.335 e. The van der Waals surface area contributed by atoms with Crippen molar-refractivity contribution in [2.45, 2.75) is 51.6 Å². The molecule has 2 rings (SSSR count). The zero-order valence-corrected chi connectivity index (χ0v) is 14.5. The molecule has 1 aromatic rings. The fraction of sp³-hybridized carbons (Fsp3) is 0.579. The number of hydrogen-bond acceptors (Lipinski definition) is 3. The number of benzene rings is 1. The van der Waals surface area contributed by atoms with Gasteiger partial charge in [0.2, 0.25) is 5.91 Å². The summed E-state index contributed by atoms with van der Waals surface area (Å²) in [6, 6.07) is 10.2. The van der Waals surface area contributed by atoms with Crippen LogP contribution in [0, 0.1) is 5.41 Å². The zero-order valence-electron chi connectivity index (χ0n) is 14.5. The number of amides is 1. The average Bonchev–Trinajstić information content (AvgIpc) is 2.55. The molecule has 1 aliphatic heterocycles. The molecule has 0 radical (unpaired) electrons. The fourth-order valence-corrected chi connectivity index (χ4v) is 3.21. The minimum absolute atomic E-state index is 0.0444. The SMILES string of the molecule is CC(C)(CCCc1ccccc1)C(=O)N1CCC(O)(C(=O)O)CC1. The third-order valence-corrected chi connectivity index (χ3v) is 4.96. The minimum Gasteiger partial charge on any atom is -0.479 e. The maximum atomic E-state index is 12.7. The van der Waals surface area contributed by atoms with E-state index in [2.05, 4.69) is 12.1 Å². The Morgan fingerprint density at radius 1 is 1.17 bits per heavy atom. The lowest BCUT2D eigenvalue weighted by Crippen LogP contribution is -2.53. The minimum atomic E-state index is -1.69. The predicted molar refractivity (Wildman–Crippen MR) is 91.6 cm³/mol. The van der Waals surface area contributed by atoms with Crippen LogP contribution in [-0.4, -0.2) is 45.7 Å². The number of carbonyl (C=O) groups is 2. The monoisotopic (exact) mass is 333 g/mol. The number of carboxylic acids is 1. The molecule has 5 heteroatoms. The van der Waals surface area contributed by atoms with Gasteiger partial charge in [0.1, 0.15) is 0 Å². The van der Waals surface area contributed by atoms with Crippen molar-refractivity contribution >= 4 is 11.9 Å². The summed E-state index contributed by atoms with van der Waals surface area (Å²) in [7, 11) is 0. The van der Waals surface area contributed by atoms with Crippen LogP contribution >= 0.6 is 0 Å². The van der Waals surface area contributed by atoms with Gasteiger partial charge in [0, 0.05) is 31.3 Å². The second-order valence-electron chi connectivity index (χ2n) is 7.35. The van der Waals surface area contributed by atoms with E-state index < -0.39 is 17.0 Å². The van der Waals surface area contributed by atoms with Crippen molar-refractivity contribution in [2.24, 2.45) is 5.41 Å². The van der Waals surface area contributed by atoms with Gasteiger partial charge in [0.15, 0.2) is 5.60 Å². The molecule has 0 aromatic heterocycles. The van der Waals surface area contributed by atoms with E-state index >= 15 is 0 Å². The van der Waals surface area contributed by atoms with E-state index in [1.807, 2.05) is 32.0 Å². The van der Waals surface area contributed by atoms with Gasteiger partial charge in [-0.15, -0.1) is 0 Å². The van der Waals surface area contributed by atoms with E-state index in [4.69, 9.17) is 5.11 Å². The largest absolute Gasteiger partial charge is 0.479 e. The molecule has 0 atom stereocenters. The highest BCUT2D eigenvalue weighted by molar-refractivity contribution is 5.83. The Kier molecular flexibility index (Phi) is 5.65. The molecule has 1 fully saturated rings. The molecule has 0 aliphatic carbocycles. The Labute approximate surface area is 143 Å². The average molecular weight is 333 g/mol. The number of likely N-dealkylation sites (tertiary alicyclic amines) is 1. The molecule has 5 nitrogen and oxygen atoms in total. The lowest BCUT2D eigenvalue weighted by atomic mass is 9.83. The molecule has 1 aliphatic rings. The molecule has 2 N–H and O–H groups in total. The van der Waals surface area contributed by atoms with Crippen molar-refractivity contribution in [3.63, 3.8) is 0 Å². The first-order valence-corrected chi connectivity index (χ1v) is 8.54. The highest BCUT2D eigenvalue weighted by Gasteiger charge is 2.42. The first kappa shape index (κ1) is 18.5. The number of aliphatic hydroxyl groups is 1. The van der Waals surface area contributed by atoms with E-state index in [9.17, 15) is 14.7 Å². The van der Waals surface area contributed by atoms with Crippen molar-refractivity contribution in [3.05, 3.63) is 35.9 Å². The molecule has 0 spiro atoms. The number of carboxylic acid groups (broad SMARTS) is 1. The van der Waals surface area contributed by atoms with Crippen LogP contribution in [0.2, 0.25) is 0 Å². The van der Waals surface area contributed by atoms with Gasteiger partial charge in [-0.3, -0.25) is 4.79 Å². The van der Waals surface area contributed by atoms with Gasteiger partial charge in [-0.1, -0.05) is 44.2 Å². The molecule has 132 valence electrons. The van der Waals surface area contributed by atoms with Crippen molar-refractivity contribution in [2.75, 3.05) is 13.1 Å². The Balaban J connectivity index is 1.85. The van der Waals surface area contributed by atoms with Crippen LogP contribution in [0.15, 0.2) is 30.3 Å². The van der Waals surface area contributed by atoms with Crippen molar-refractivity contribution in [3.8, 4) is 0 Å². The van der Waals surface area contributed by atoms with Crippen LogP contribution in [0.25, 0.3) is 0 Å². The molecule has 0 saturated carbocycles. The first-order chi connectivity index (χ1) is 11.2. The fourth-order valence-electron chi connectivity index (χ4n) is 3.21. The number of piperidine rings is 1. The second kappa shape index (κ2) is 7.34. The molecule has 0 unspecified atom stereocenters. The third kappa shape index (κ3) is 4.35. The summed E-state index contributed by atoms with van der Waals surface area (Å²) in [6.45, 7) is 4.48. The Bertz CT molecular complexity index is 574. The second-order valence-corrected chi connectivity index (χ2v) is 7.35. The van der Waals surface area contributed by atoms with Crippen LogP contribution in [0.1, 0.15) is 45.1 Å². The van der Waals surface area contributed by atoms with Crippen molar-refractivity contribution in [1.29, 1.82) is 0 Å². The molecule has 0 bridgehead atoms.